The van der Waals surface area contributed by atoms with E-state index in [2.05, 4.69) is 0 Å². The zero-order chi connectivity index (χ0) is 16.1. The lowest BCUT2D eigenvalue weighted by molar-refractivity contribution is -0.384. The number of benzene rings is 2. The number of hydrogen-bond donors (Lipinski definition) is 0. The Bertz CT molecular complexity index is 671. The second-order valence-corrected chi connectivity index (χ2v) is 4.99. The van der Waals surface area contributed by atoms with E-state index in [4.69, 9.17) is 0 Å². The standard InChI is InChI=1S/C16H17N3O3/c1-17(2)18(14-8-4-3-5-9-14)16(20)12-13-7-6-10-15(11-13)19(21)22/h3-11H,12H2,1-2H3. The Morgan fingerprint density at radius 1 is 1.09 bits per heavy atom. The van der Waals surface area contributed by atoms with E-state index >= 15 is 0 Å². The molecule has 0 radical (unpaired) electrons. The van der Waals surface area contributed by atoms with Crippen LogP contribution in [0.1, 0.15) is 5.56 Å². The first-order valence-electron chi connectivity index (χ1n) is 6.77. The number of nitro groups is 1. The average Bonchev–Trinajstić information content (AvgIpc) is 2.48. The van der Waals surface area contributed by atoms with Crippen molar-refractivity contribution < 1.29 is 9.72 Å². The minimum absolute atomic E-state index is 0.0126. The molecular weight excluding hydrogens is 282 g/mol. The van der Waals surface area contributed by atoms with Crippen LogP contribution in [0.5, 0.6) is 0 Å². The lowest BCUT2D eigenvalue weighted by Crippen LogP contribution is -2.43. The molecule has 0 aliphatic carbocycles. The Hall–Kier alpha value is -2.73. The van der Waals surface area contributed by atoms with Crippen LogP contribution in [-0.2, 0) is 11.2 Å². The SMILES string of the molecule is CN(C)N(C(=O)Cc1cccc([N+](=O)[O-])c1)c1ccccc1. The number of anilines is 1. The summed E-state index contributed by atoms with van der Waals surface area (Å²) in [5.74, 6) is -0.156. The number of nitro benzene ring substituents is 1. The monoisotopic (exact) mass is 299 g/mol. The topological polar surface area (TPSA) is 66.7 Å². The molecule has 2 rings (SSSR count). The summed E-state index contributed by atoms with van der Waals surface area (Å²) in [4.78, 5) is 22.9. The third-order valence-electron chi connectivity index (χ3n) is 3.11. The van der Waals surface area contributed by atoms with E-state index in [1.54, 1.807) is 36.2 Å². The van der Waals surface area contributed by atoms with Crippen LogP contribution < -0.4 is 5.01 Å². The van der Waals surface area contributed by atoms with Gasteiger partial charge in [-0.2, -0.15) is 0 Å². The molecule has 0 fully saturated rings. The largest absolute Gasteiger partial charge is 0.273 e. The van der Waals surface area contributed by atoms with Crippen molar-refractivity contribution in [2.75, 3.05) is 19.1 Å². The zero-order valence-corrected chi connectivity index (χ0v) is 12.5. The van der Waals surface area contributed by atoms with Gasteiger partial charge in [0.05, 0.1) is 17.0 Å². The van der Waals surface area contributed by atoms with Crippen LogP contribution in [0.3, 0.4) is 0 Å². The summed E-state index contributed by atoms with van der Waals surface area (Å²) in [6.07, 6.45) is 0.0920. The van der Waals surface area contributed by atoms with Gasteiger partial charge in [-0.3, -0.25) is 14.9 Å². The van der Waals surface area contributed by atoms with Gasteiger partial charge >= 0.3 is 0 Å². The van der Waals surface area contributed by atoms with Gasteiger partial charge in [0.2, 0.25) is 5.91 Å². The Balaban J connectivity index is 2.22. The van der Waals surface area contributed by atoms with E-state index in [-0.39, 0.29) is 18.0 Å². The summed E-state index contributed by atoms with van der Waals surface area (Å²) < 4.78 is 0. The van der Waals surface area contributed by atoms with Crippen molar-refractivity contribution in [2.45, 2.75) is 6.42 Å². The van der Waals surface area contributed by atoms with Crippen LogP contribution in [0, 0.1) is 10.1 Å². The maximum atomic E-state index is 12.6. The van der Waals surface area contributed by atoms with Gasteiger partial charge in [-0.1, -0.05) is 30.3 Å². The zero-order valence-electron chi connectivity index (χ0n) is 12.5. The van der Waals surface area contributed by atoms with Crippen molar-refractivity contribution in [1.82, 2.24) is 5.01 Å². The van der Waals surface area contributed by atoms with Gasteiger partial charge in [0.25, 0.3) is 5.69 Å². The van der Waals surface area contributed by atoms with Crippen LogP contribution >= 0.6 is 0 Å². The van der Waals surface area contributed by atoms with Crippen molar-refractivity contribution in [3.63, 3.8) is 0 Å². The molecule has 6 nitrogen and oxygen atoms in total. The first kappa shape index (κ1) is 15.7. The molecule has 0 heterocycles. The molecule has 2 aromatic rings. The fraction of sp³-hybridized carbons (Fsp3) is 0.188. The number of rotatable bonds is 5. The highest BCUT2D eigenvalue weighted by Gasteiger charge is 2.19. The fourth-order valence-corrected chi connectivity index (χ4v) is 2.20. The average molecular weight is 299 g/mol. The molecule has 0 unspecified atom stereocenters. The van der Waals surface area contributed by atoms with Crippen molar-refractivity contribution in [2.24, 2.45) is 0 Å². The van der Waals surface area contributed by atoms with E-state index in [0.717, 1.165) is 5.69 Å². The van der Waals surface area contributed by atoms with Gasteiger partial charge in [0.15, 0.2) is 0 Å². The summed E-state index contributed by atoms with van der Waals surface area (Å²) in [5.41, 5.74) is 1.35. The van der Waals surface area contributed by atoms with Gasteiger partial charge < -0.3 is 0 Å². The second-order valence-electron chi connectivity index (χ2n) is 4.99. The van der Waals surface area contributed by atoms with Gasteiger partial charge in [-0.05, 0) is 17.7 Å². The quantitative estimate of drug-likeness (QED) is 0.629. The van der Waals surface area contributed by atoms with Crippen molar-refractivity contribution in [3.05, 3.63) is 70.3 Å². The molecule has 0 saturated heterocycles. The predicted molar refractivity (Wildman–Crippen MR) is 84.4 cm³/mol. The Morgan fingerprint density at radius 2 is 1.77 bits per heavy atom. The predicted octanol–water partition coefficient (Wildman–Crippen LogP) is 2.65. The minimum atomic E-state index is -0.463. The molecule has 0 spiro atoms. The summed E-state index contributed by atoms with van der Waals surface area (Å²) in [5, 5.41) is 14.0. The van der Waals surface area contributed by atoms with E-state index in [9.17, 15) is 14.9 Å². The maximum Gasteiger partial charge on any atom is 0.269 e. The molecule has 0 bridgehead atoms. The Kier molecular flexibility index (Phi) is 4.85. The molecule has 114 valence electrons. The van der Waals surface area contributed by atoms with E-state index in [1.807, 2.05) is 30.3 Å². The summed E-state index contributed by atoms with van der Waals surface area (Å²) >= 11 is 0. The lowest BCUT2D eigenvalue weighted by Gasteiger charge is -2.29. The van der Waals surface area contributed by atoms with Crippen molar-refractivity contribution in [1.29, 1.82) is 0 Å². The molecule has 2 aromatic carbocycles. The van der Waals surface area contributed by atoms with Crippen LogP contribution in [-0.4, -0.2) is 29.9 Å². The Labute approximate surface area is 128 Å². The van der Waals surface area contributed by atoms with Crippen LogP contribution in [0.25, 0.3) is 0 Å². The number of carbonyl (C=O) groups is 1. The highest BCUT2D eigenvalue weighted by molar-refractivity contribution is 5.93. The normalized spacial score (nSPS) is 10.5. The molecule has 0 aliphatic rings. The van der Waals surface area contributed by atoms with Gasteiger partial charge in [0, 0.05) is 26.2 Å². The first-order valence-corrected chi connectivity index (χ1v) is 6.77. The fourth-order valence-electron chi connectivity index (χ4n) is 2.20. The molecular formula is C16H17N3O3. The van der Waals surface area contributed by atoms with E-state index < -0.39 is 4.92 Å². The third kappa shape index (κ3) is 3.67. The highest BCUT2D eigenvalue weighted by atomic mass is 16.6. The van der Waals surface area contributed by atoms with Gasteiger partial charge in [-0.25, -0.2) is 10.0 Å². The van der Waals surface area contributed by atoms with Gasteiger partial charge in [0.1, 0.15) is 0 Å². The number of carbonyl (C=O) groups excluding carboxylic acids is 1. The molecule has 0 N–H and O–H groups in total. The number of para-hydroxylation sites is 1. The smallest absolute Gasteiger partial charge is 0.269 e. The summed E-state index contributed by atoms with van der Waals surface area (Å²) in [6, 6.07) is 15.4. The molecule has 0 atom stereocenters. The number of nitrogens with zero attached hydrogens (tertiary/aromatic N) is 3. The molecule has 0 aliphatic heterocycles. The van der Waals surface area contributed by atoms with Gasteiger partial charge in [-0.15, -0.1) is 0 Å². The number of hydrogen-bond acceptors (Lipinski definition) is 4. The van der Waals surface area contributed by atoms with Crippen molar-refractivity contribution >= 4 is 17.3 Å². The van der Waals surface area contributed by atoms with E-state index in [1.165, 1.54) is 12.1 Å². The summed E-state index contributed by atoms with van der Waals surface area (Å²) in [6.45, 7) is 0. The molecule has 22 heavy (non-hydrogen) atoms. The van der Waals surface area contributed by atoms with Crippen LogP contribution in [0.2, 0.25) is 0 Å². The first-order chi connectivity index (χ1) is 10.5. The number of non-ortho nitro benzene ring substituents is 1. The minimum Gasteiger partial charge on any atom is -0.273 e. The number of hydrazine groups is 1. The highest BCUT2D eigenvalue weighted by Crippen LogP contribution is 2.18. The second kappa shape index (κ2) is 6.82. The van der Waals surface area contributed by atoms with E-state index in [0.29, 0.717) is 5.56 Å². The maximum absolute atomic E-state index is 12.6. The van der Waals surface area contributed by atoms with Crippen LogP contribution in [0.15, 0.2) is 54.6 Å². The Morgan fingerprint density at radius 3 is 2.36 bits per heavy atom. The molecule has 1 amide bonds. The van der Waals surface area contributed by atoms with Crippen molar-refractivity contribution in [3.8, 4) is 0 Å². The lowest BCUT2D eigenvalue weighted by atomic mass is 10.1. The number of amides is 1. The molecule has 0 aromatic heterocycles. The molecule has 6 heteroatoms. The molecule has 0 saturated carbocycles. The summed E-state index contributed by atoms with van der Waals surface area (Å²) in [7, 11) is 3.55. The third-order valence-corrected chi connectivity index (χ3v) is 3.11. The van der Waals surface area contributed by atoms with Crippen LogP contribution in [0.4, 0.5) is 11.4 Å².